The largest absolute Gasteiger partial charge is 0.480 e. The van der Waals surface area contributed by atoms with Crippen LogP contribution in [0.5, 0.6) is 0 Å². The summed E-state index contributed by atoms with van der Waals surface area (Å²) < 4.78 is 0. The van der Waals surface area contributed by atoms with Crippen molar-refractivity contribution in [3.63, 3.8) is 0 Å². The molecule has 0 radical (unpaired) electrons. The normalized spacial score (nSPS) is 14.6. The van der Waals surface area contributed by atoms with Gasteiger partial charge in [-0.1, -0.05) is 29.8 Å². The lowest BCUT2D eigenvalue weighted by atomic mass is 9.98. The zero-order valence-electron chi connectivity index (χ0n) is 10.6. The molecule has 0 aliphatic heterocycles. The van der Waals surface area contributed by atoms with Gasteiger partial charge in [-0.25, -0.2) is 0 Å². The van der Waals surface area contributed by atoms with Crippen molar-refractivity contribution in [2.75, 3.05) is 14.1 Å². The highest BCUT2D eigenvalue weighted by molar-refractivity contribution is 5.73. The Kier molecular flexibility index (Phi) is 4.66. The number of hydrogen-bond donors (Lipinski definition) is 2. The van der Waals surface area contributed by atoms with Crippen molar-refractivity contribution in [2.45, 2.75) is 25.4 Å². The average molecular weight is 236 g/mol. The van der Waals surface area contributed by atoms with E-state index in [1.807, 2.05) is 50.2 Å². The minimum absolute atomic E-state index is 0.0294. The number of nitrogens with zero attached hydrogens (tertiary/aromatic N) is 1. The van der Waals surface area contributed by atoms with Gasteiger partial charge in [-0.2, -0.15) is 0 Å². The quantitative estimate of drug-likeness (QED) is 0.811. The molecule has 0 saturated heterocycles. The Balaban J connectivity index is 2.86. The molecule has 0 amide bonds. The average Bonchev–Trinajstić information content (AvgIpc) is 2.26. The predicted molar refractivity (Wildman–Crippen MR) is 67.8 cm³/mol. The number of carboxylic acid groups (broad SMARTS) is 1. The first-order valence-electron chi connectivity index (χ1n) is 5.63. The van der Waals surface area contributed by atoms with Crippen molar-refractivity contribution in [1.29, 1.82) is 0 Å². The Morgan fingerprint density at radius 3 is 2.29 bits per heavy atom. The summed E-state index contributed by atoms with van der Waals surface area (Å²) in [5.41, 5.74) is 7.88. The Morgan fingerprint density at radius 1 is 1.35 bits per heavy atom. The number of hydrogen-bond acceptors (Lipinski definition) is 3. The van der Waals surface area contributed by atoms with Crippen molar-refractivity contribution >= 4 is 5.97 Å². The second-order valence-corrected chi connectivity index (χ2v) is 4.57. The van der Waals surface area contributed by atoms with Gasteiger partial charge in [0.2, 0.25) is 0 Å². The van der Waals surface area contributed by atoms with Crippen LogP contribution in [0, 0.1) is 6.92 Å². The minimum Gasteiger partial charge on any atom is -0.480 e. The Labute approximate surface area is 102 Å². The highest BCUT2D eigenvalue weighted by Crippen LogP contribution is 2.23. The molecule has 0 bridgehead atoms. The lowest BCUT2D eigenvalue weighted by Gasteiger charge is -2.26. The lowest BCUT2D eigenvalue weighted by Crippen LogP contribution is -2.35. The molecule has 94 valence electrons. The first kappa shape index (κ1) is 13.7. The molecular weight excluding hydrogens is 216 g/mol. The van der Waals surface area contributed by atoms with E-state index in [0.29, 0.717) is 6.42 Å². The number of aliphatic carboxylic acids is 1. The number of carboxylic acids is 1. The van der Waals surface area contributed by atoms with E-state index in [4.69, 9.17) is 10.8 Å². The van der Waals surface area contributed by atoms with Crippen molar-refractivity contribution in [2.24, 2.45) is 5.73 Å². The summed E-state index contributed by atoms with van der Waals surface area (Å²) in [6.45, 7) is 2.03. The first-order chi connectivity index (χ1) is 7.91. The summed E-state index contributed by atoms with van der Waals surface area (Å²) >= 11 is 0. The summed E-state index contributed by atoms with van der Waals surface area (Å²) in [4.78, 5) is 12.8. The third-order valence-electron chi connectivity index (χ3n) is 2.88. The van der Waals surface area contributed by atoms with E-state index in [9.17, 15) is 4.79 Å². The summed E-state index contributed by atoms with van der Waals surface area (Å²) in [7, 11) is 3.86. The molecule has 1 rings (SSSR count). The van der Waals surface area contributed by atoms with Crippen LogP contribution < -0.4 is 5.73 Å². The van der Waals surface area contributed by atoms with Gasteiger partial charge in [0.25, 0.3) is 0 Å². The molecule has 0 aromatic heterocycles. The van der Waals surface area contributed by atoms with Crippen LogP contribution in [-0.4, -0.2) is 36.1 Å². The Hall–Kier alpha value is -1.39. The third kappa shape index (κ3) is 3.84. The molecule has 1 aromatic carbocycles. The molecule has 17 heavy (non-hydrogen) atoms. The van der Waals surface area contributed by atoms with Crippen LogP contribution in [0.4, 0.5) is 0 Å². The molecule has 0 aliphatic carbocycles. The van der Waals surface area contributed by atoms with Gasteiger partial charge in [-0.3, -0.25) is 4.79 Å². The molecular formula is C13H20N2O2. The van der Waals surface area contributed by atoms with Crippen molar-refractivity contribution < 1.29 is 9.90 Å². The first-order valence-corrected chi connectivity index (χ1v) is 5.63. The van der Waals surface area contributed by atoms with Gasteiger partial charge in [-0.15, -0.1) is 0 Å². The van der Waals surface area contributed by atoms with Crippen LogP contribution in [0.25, 0.3) is 0 Å². The highest BCUT2D eigenvalue weighted by Gasteiger charge is 2.21. The van der Waals surface area contributed by atoms with E-state index in [0.717, 1.165) is 5.56 Å². The van der Waals surface area contributed by atoms with Crippen LogP contribution in [0.15, 0.2) is 24.3 Å². The minimum atomic E-state index is -0.955. The molecule has 0 fully saturated rings. The number of aryl methyl sites for hydroxylation is 1. The van der Waals surface area contributed by atoms with Crippen molar-refractivity contribution in [3.8, 4) is 0 Å². The van der Waals surface area contributed by atoms with Crippen LogP contribution in [0.1, 0.15) is 23.6 Å². The van der Waals surface area contributed by atoms with Crippen LogP contribution in [0.3, 0.4) is 0 Å². The highest BCUT2D eigenvalue weighted by atomic mass is 16.4. The molecule has 0 aliphatic rings. The van der Waals surface area contributed by atoms with Gasteiger partial charge >= 0.3 is 5.97 Å². The second-order valence-electron chi connectivity index (χ2n) is 4.57. The summed E-state index contributed by atoms with van der Waals surface area (Å²) in [6.07, 6.45) is 0.408. The molecule has 0 heterocycles. The molecule has 2 atom stereocenters. The number of carbonyl (C=O) groups is 1. The van der Waals surface area contributed by atoms with Crippen molar-refractivity contribution in [1.82, 2.24) is 4.90 Å². The number of benzene rings is 1. The molecule has 2 unspecified atom stereocenters. The number of rotatable bonds is 5. The summed E-state index contributed by atoms with van der Waals surface area (Å²) in [5.74, 6) is -0.955. The van der Waals surface area contributed by atoms with Crippen LogP contribution in [-0.2, 0) is 4.79 Å². The summed E-state index contributed by atoms with van der Waals surface area (Å²) in [5, 5.41) is 8.86. The molecule has 3 N–H and O–H groups in total. The van der Waals surface area contributed by atoms with Gasteiger partial charge in [0.15, 0.2) is 0 Å². The Morgan fingerprint density at radius 2 is 1.88 bits per heavy atom. The second kappa shape index (κ2) is 5.80. The third-order valence-corrected chi connectivity index (χ3v) is 2.88. The van der Waals surface area contributed by atoms with E-state index in [1.54, 1.807) is 0 Å². The van der Waals surface area contributed by atoms with Crippen LogP contribution in [0.2, 0.25) is 0 Å². The topological polar surface area (TPSA) is 66.6 Å². The smallest absolute Gasteiger partial charge is 0.320 e. The van der Waals surface area contributed by atoms with Gasteiger partial charge in [0, 0.05) is 6.04 Å². The van der Waals surface area contributed by atoms with Gasteiger partial charge in [0.1, 0.15) is 6.04 Å². The predicted octanol–water partition coefficient (Wildman–Crippen LogP) is 1.40. The monoisotopic (exact) mass is 236 g/mol. The fourth-order valence-corrected chi connectivity index (χ4v) is 1.77. The maximum absolute atomic E-state index is 10.8. The maximum Gasteiger partial charge on any atom is 0.320 e. The van der Waals surface area contributed by atoms with Gasteiger partial charge < -0.3 is 15.7 Å². The lowest BCUT2D eigenvalue weighted by molar-refractivity contribution is -0.139. The maximum atomic E-state index is 10.8. The van der Waals surface area contributed by atoms with Gasteiger partial charge in [0.05, 0.1) is 0 Å². The fourth-order valence-electron chi connectivity index (χ4n) is 1.77. The van der Waals surface area contributed by atoms with E-state index in [2.05, 4.69) is 0 Å². The fraction of sp³-hybridized carbons (Fsp3) is 0.462. The molecule has 0 spiro atoms. The molecule has 0 saturated carbocycles. The van der Waals surface area contributed by atoms with E-state index < -0.39 is 12.0 Å². The van der Waals surface area contributed by atoms with E-state index >= 15 is 0 Å². The zero-order chi connectivity index (χ0) is 13.0. The molecule has 1 aromatic rings. The SMILES string of the molecule is Cc1ccc(C(CC(N)C(=O)O)N(C)C)cc1. The Bertz CT molecular complexity index is 374. The van der Waals surface area contributed by atoms with Gasteiger partial charge in [-0.05, 0) is 33.0 Å². The van der Waals surface area contributed by atoms with E-state index in [1.165, 1.54) is 5.56 Å². The van der Waals surface area contributed by atoms with E-state index in [-0.39, 0.29) is 6.04 Å². The summed E-state index contributed by atoms with van der Waals surface area (Å²) in [6, 6.07) is 7.30. The molecule has 4 heteroatoms. The number of nitrogens with two attached hydrogens (primary N) is 1. The van der Waals surface area contributed by atoms with Crippen molar-refractivity contribution in [3.05, 3.63) is 35.4 Å². The standard InChI is InChI=1S/C13H20N2O2/c1-9-4-6-10(7-5-9)12(15(2)3)8-11(14)13(16)17/h4-7,11-12H,8,14H2,1-3H3,(H,16,17). The molecule has 4 nitrogen and oxygen atoms in total. The van der Waals surface area contributed by atoms with Crippen LogP contribution >= 0.6 is 0 Å². The zero-order valence-corrected chi connectivity index (χ0v) is 10.6.